The molecule has 2 aromatic carbocycles. The van der Waals surface area contributed by atoms with Crippen LogP contribution in [0.3, 0.4) is 0 Å². The van der Waals surface area contributed by atoms with Gasteiger partial charge in [0.2, 0.25) is 5.95 Å². The van der Waals surface area contributed by atoms with Gasteiger partial charge in [0, 0.05) is 26.1 Å². The minimum Gasteiger partial charge on any atom is -0.494 e. The molecule has 30 heavy (non-hydrogen) atoms. The van der Waals surface area contributed by atoms with Gasteiger partial charge in [-0.1, -0.05) is 30.3 Å². The van der Waals surface area contributed by atoms with Crippen LogP contribution in [0.4, 0.5) is 5.95 Å². The highest BCUT2D eigenvalue weighted by Gasteiger charge is 2.21. The fourth-order valence-corrected chi connectivity index (χ4v) is 3.50. The number of rotatable bonds is 7. The van der Waals surface area contributed by atoms with Gasteiger partial charge in [-0.3, -0.25) is 14.7 Å². The summed E-state index contributed by atoms with van der Waals surface area (Å²) >= 11 is 0. The molecule has 0 saturated heterocycles. The zero-order chi connectivity index (χ0) is 20.8. The molecule has 3 aromatic rings. The van der Waals surface area contributed by atoms with Crippen LogP contribution in [0, 0.1) is 0 Å². The molecule has 1 aliphatic heterocycles. The number of hydrogen-bond acceptors (Lipinski definition) is 6. The Labute approximate surface area is 175 Å². The first-order chi connectivity index (χ1) is 14.7. The monoisotopic (exact) mass is 403 g/mol. The van der Waals surface area contributed by atoms with E-state index in [4.69, 9.17) is 4.74 Å². The fraction of sp³-hybridized carbons (Fsp3) is 0.261. The average Bonchev–Trinajstić information content (AvgIpc) is 2.76. The van der Waals surface area contributed by atoms with E-state index in [0.29, 0.717) is 19.1 Å². The van der Waals surface area contributed by atoms with Crippen molar-refractivity contribution in [1.82, 2.24) is 14.9 Å². The van der Waals surface area contributed by atoms with E-state index in [2.05, 4.69) is 37.5 Å². The van der Waals surface area contributed by atoms with Crippen molar-refractivity contribution < 1.29 is 4.74 Å². The summed E-state index contributed by atoms with van der Waals surface area (Å²) in [6.07, 6.45) is 2.42. The van der Waals surface area contributed by atoms with Crippen molar-refractivity contribution in [3.05, 3.63) is 87.3 Å². The number of H-pyrrole nitrogens is 1. The van der Waals surface area contributed by atoms with Crippen molar-refractivity contribution in [3.8, 4) is 5.75 Å². The standard InChI is InChI=1S/C23H25N5O2/c1-2-30-19-10-8-17(9-11-19)14-24-27-23-25-21-12-13-28(16-20(21)22(29)26-23)15-18-6-4-3-5-7-18/h3-11,14H,2,12-13,15-16H2,1H3,(H2,25,26,27,29)/b24-14-. The second-order valence-electron chi connectivity index (χ2n) is 7.16. The molecule has 0 spiro atoms. The molecule has 1 aromatic heterocycles. The molecule has 0 radical (unpaired) electrons. The predicted molar refractivity (Wildman–Crippen MR) is 118 cm³/mol. The van der Waals surface area contributed by atoms with E-state index >= 15 is 0 Å². The van der Waals surface area contributed by atoms with Crippen LogP contribution in [0.2, 0.25) is 0 Å². The molecule has 154 valence electrons. The Morgan fingerprint density at radius 1 is 1.20 bits per heavy atom. The largest absolute Gasteiger partial charge is 0.494 e. The van der Waals surface area contributed by atoms with Gasteiger partial charge in [-0.2, -0.15) is 5.10 Å². The van der Waals surface area contributed by atoms with E-state index < -0.39 is 0 Å². The van der Waals surface area contributed by atoms with Crippen molar-refractivity contribution in [1.29, 1.82) is 0 Å². The van der Waals surface area contributed by atoms with E-state index in [1.165, 1.54) is 5.56 Å². The van der Waals surface area contributed by atoms with Crippen LogP contribution in [0.1, 0.15) is 29.3 Å². The number of anilines is 1. The Kier molecular flexibility index (Phi) is 6.20. The van der Waals surface area contributed by atoms with Crippen LogP contribution < -0.4 is 15.7 Å². The van der Waals surface area contributed by atoms with Crippen molar-refractivity contribution in [2.75, 3.05) is 18.6 Å². The van der Waals surface area contributed by atoms with Crippen molar-refractivity contribution in [2.45, 2.75) is 26.4 Å². The van der Waals surface area contributed by atoms with Gasteiger partial charge in [-0.15, -0.1) is 0 Å². The summed E-state index contributed by atoms with van der Waals surface area (Å²) in [6.45, 7) is 4.88. The van der Waals surface area contributed by atoms with Crippen LogP contribution in [-0.2, 0) is 19.5 Å². The lowest BCUT2D eigenvalue weighted by Crippen LogP contribution is -2.35. The molecule has 0 amide bonds. The van der Waals surface area contributed by atoms with Crippen LogP contribution in [-0.4, -0.2) is 34.2 Å². The number of benzene rings is 2. The molecule has 0 fully saturated rings. The summed E-state index contributed by atoms with van der Waals surface area (Å²) in [7, 11) is 0. The highest BCUT2D eigenvalue weighted by atomic mass is 16.5. The topological polar surface area (TPSA) is 82.6 Å². The molecule has 0 saturated carbocycles. The van der Waals surface area contributed by atoms with Gasteiger partial charge >= 0.3 is 0 Å². The maximum absolute atomic E-state index is 12.6. The lowest BCUT2D eigenvalue weighted by molar-refractivity contribution is 0.242. The molecular weight excluding hydrogens is 378 g/mol. The number of aromatic nitrogens is 2. The van der Waals surface area contributed by atoms with E-state index in [-0.39, 0.29) is 5.56 Å². The fourth-order valence-electron chi connectivity index (χ4n) is 3.50. The first-order valence-corrected chi connectivity index (χ1v) is 10.1. The zero-order valence-corrected chi connectivity index (χ0v) is 17.0. The number of ether oxygens (including phenoxy) is 1. The van der Waals surface area contributed by atoms with E-state index in [1.54, 1.807) is 6.21 Å². The number of hydrazone groups is 1. The van der Waals surface area contributed by atoms with E-state index in [0.717, 1.165) is 42.1 Å². The third kappa shape index (κ3) is 4.93. The number of hydrogen-bond donors (Lipinski definition) is 2. The highest BCUT2D eigenvalue weighted by Crippen LogP contribution is 2.17. The summed E-state index contributed by atoms with van der Waals surface area (Å²) in [5, 5.41) is 4.19. The first-order valence-electron chi connectivity index (χ1n) is 10.1. The quantitative estimate of drug-likeness (QED) is 0.468. The van der Waals surface area contributed by atoms with Gasteiger partial charge < -0.3 is 4.74 Å². The summed E-state index contributed by atoms with van der Waals surface area (Å²) < 4.78 is 5.43. The van der Waals surface area contributed by atoms with Crippen LogP contribution in [0.25, 0.3) is 0 Å². The summed E-state index contributed by atoms with van der Waals surface area (Å²) in [4.78, 5) is 22.2. The lowest BCUT2D eigenvalue weighted by Gasteiger charge is -2.27. The van der Waals surface area contributed by atoms with Crippen LogP contribution in [0.15, 0.2) is 64.5 Å². The van der Waals surface area contributed by atoms with Gasteiger partial charge in [0.25, 0.3) is 5.56 Å². The molecule has 7 heteroatoms. The zero-order valence-electron chi connectivity index (χ0n) is 17.0. The number of nitrogens with zero attached hydrogens (tertiary/aromatic N) is 3. The molecule has 7 nitrogen and oxygen atoms in total. The lowest BCUT2D eigenvalue weighted by atomic mass is 10.1. The molecule has 2 heterocycles. The molecule has 2 N–H and O–H groups in total. The first kappa shape index (κ1) is 19.8. The molecule has 1 aliphatic rings. The van der Waals surface area contributed by atoms with E-state index in [9.17, 15) is 4.79 Å². The molecule has 0 unspecified atom stereocenters. The Morgan fingerprint density at radius 3 is 2.77 bits per heavy atom. The van der Waals surface area contributed by atoms with Crippen molar-refractivity contribution >= 4 is 12.2 Å². The van der Waals surface area contributed by atoms with Gasteiger partial charge in [0.1, 0.15) is 5.75 Å². The maximum atomic E-state index is 12.6. The highest BCUT2D eigenvalue weighted by molar-refractivity contribution is 5.80. The number of nitrogens with one attached hydrogen (secondary N) is 2. The molecule has 0 aliphatic carbocycles. The van der Waals surface area contributed by atoms with E-state index in [1.807, 2.05) is 49.4 Å². The SMILES string of the molecule is CCOc1ccc(/C=N\Nc2nc3c(c(=O)[nH]2)CN(Cc2ccccc2)CC3)cc1. The minimum atomic E-state index is -0.114. The molecule has 4 rings (SSSR count). The number of aromatic amines is 1. The number of fused-ring (bicyclic) bond motifs is 1. The van der Waals surface area contributed by atoms with Gasteiger partial charge in [-0.25, -0.2) is 10.4 Å². The predicted octanol–water partition coefficient (Wildman–Crippen LogP) is 3.17. The summed E-state index contributed by atoms with van der Waals surface area (Å²) in [6, 6.07) is 17.9. The van der Waals surface area contributed by atoms with Crippen LogP contribution in [0.5, 0.6) is 5.75 Å². The Morgan fingerprint density at radius 2 is 2.00 bits per heavy atom. The second kappa shape index (κ2) is 9.37. The minimum absolute atomic E-state index is 0.114. The Balaban J connectivity index is 1.40. The van der Waals surface area contributed by atoms with Gasteiger partial charge in [0.15, 0.2) is 0 Å². The molecular formula is C23H25N5O2. The van der Waals surface area contributed by atoms with Crippen molar-refractivity contribution in [2.24, 2.45) is 5.10 Å². The average molecular weight is 403 g/mol. The third-order valence-corrected chi connectivity index (χ3v) is 4.97. The normalized spacial score (nSPS) is 13.9. The summed E-state index contributed by atoms with van der Waals surface area (Å²) in [5.41, 5.74) is 6.45. The van der Waals surface area contributed by atoms with Gasteiger partial charge in [0.05, 0.1) is 24.1 Å². The second-order valence-corrected chi connectivity index (χ2v) is 7.16. The maximum Gasteiger partial charge on any atom is 0.257 e. The molecule has 0 bridgehead atoms. The van der Waals surface area contributed by atoms with Crippen molar-refractivity contribution in [3.63, 3.8) is 0 Å². The smallest absolute Gasteiger partial charge is 0.257 e. The summed E-state index contributed by atoms with van der Waals surface area (Å²) in [5.74, 6) is 1.18. The van der Waals surface area contributed by atoms with Crippen LogP contribution >= 0.6 is 0 Å². The molecule has 0 atom stereocenters. The van der Waals surface area contributed by atoms with Gasteiger partial charge in [-0.05, 0) is 42.3 Å². The third-order valence-electron chi connectivity index (χ3n) is 4.97. The Bertz CT molecular complexity index is 1060. The Hall–Kier alpha value is -3.45.